The molecule has 0 saturated carbocycles. The molecule has 2 aliphatic heterocycles. The van der Waals surface area contributed by atoms with Crippen LogP contribution in [0.5, 0.6) is 5.75 Å². The van der Waals surface area contributed by atoms with Crippen LogP contribution >= 0.6 is 11.3 Å². The molecule has 208 valence electrons. The number of nitrogens with zero attached hydrogens (tertiary/aromatic N) is 3. The maximum absolute atomic E-state index is 13.6. The number of carbonyl (C=O) groups excluding carboxylic acids is 1. The number of amides is 1. The van der Waals surface area contributed by atoms with E-state index in [1.807, 2.05) is 54.3 Å². The first-order valence-corrected chi connectivity index (χ1v) is 15.9. The van der Waals surface area contributed by atoms with Gasteiger partial charge >= 0.3 is 0 Å². The number of benzene rings is 3. The van der Waals surface area contributed by atoms with Crippen LogP contribution in [-0.2, 0) is 21.2 Å². The van der Waals surface area contributed by atoms with Gasteiger partial charge in [0.1, 0.15) is 5.75 Å². The lowest BCUT2D eigenvalue weighted by atomic mass is 9.93. The van der Waals surface area contributed by atoms with Crippen LogP contribution in [0.4, 0.5) is 0 Å². The van der Waals surface area contributed by atoms with Gasteiger partial charge in [-0.2, -0.15) is 4.31 Å². The minimum Gasteiger partial charge on any atom is -0.497 e. The molecule has 0 spiro atoms. The van der Waals surface area contributed by atoms with Gasteiger partial charge in [-0.25, -0.2) is 8.42 Å². The number of piperazine rings is 1. The lowest BCUT2D eigenvalue weighted by molar-refractivity contribution is -0.135. The molecule has 7 nitrogen and oxygen atoms in total. The molecule has 40 heavy (non-hydrogen) atoms. The van der Waals surface area contributed by atoms with Crippen molar-refractivity contribution < 1.29 is 17.9 Å². The second-order valence-electron chi connectivity index (χ2n) is 10.5. The molecule has 1 amide bonds. The van der Waals surface area contributed by atoms with Crippen LogP contribution in [0.2, 0.25) is 0 Å². The summed E-state index contributed by atoms with van der Waals surface area (Å²) in [5, 5.41) is 4.03. The van der Waals surface area contributed by atoms with E-state index < -0.39 is 10.0 Å². The lowest BCUT2D eigenvalue weighted by Crippen LogP contribution is -2.57. The van der Waals surface area contributed by atoms with Crippen LogP contribution in [0.15, 0.2) is 83.1 Å². The van der Waals surface area contributed by atoms with E-state index in [1.165, 1.54) is 10.4 Å². The summed E-state index contributed by atoms with van der Waals surface area (Å²) in [7, 11) is -2.02. The van der Waals surface area contributed by atoms with Gasteiger partial charge in [-0.05, 0) is 71.0 Å². The van der Waals surface area contributed by atoms with Gasteiger partial charge < -0.3 is 9.64 Å². The number of hydrogen-bond donors (Lipinski definition) is 0. The van der Waals surface area contributed by atoms with Gasteiger partial charge in [0.2, 0.25) is 15.9 Å². The number of fused-ring (bicyclic) bond motifs is 2. The third-order valence-electron chi connectivity index (χ3n) is 8.08. The molecule has 3 aromatic carbocycles. The Balaban J connectivity index is 1.17. The Labute approximate surface area is 239 Å². The van der Waals surface area contributed by atoms with Crippen LogP contribution < -0.4 is 4.74 Å². The van der Waals surface area contributed by atoms with Crippen molar-refractivity contribution in [2.45, 2.75) is 30.3 Å². The fourth-order valence-corrected chi connectivity index (χ4v) is 8.53. The summed E-state index contributed by atoms with van der Waals surface area (Å²) in [5.41, 5.74) is 2.39. The molecule has 6 rings (SSSR count). The van der Waals surface area contributed by atoms with Crippen molar-refractivity contribution in [3.8, 4) is 5.75 Å². The second kappa shape index (κ2) is 11.0. The summed E-state index contributed by atoms with van der Waals surface area (Å²) in [6.07, 6.45) is 0.918. The Bertz CT molecular complexity index is 1630. The molecule has 2 atom stereocenters. The zero-order valence-electron chi connectivity index (χ0n) is 22.7. The zero-order chi connectivity index (χ0) is 27.9. The first-order valence-electron chi connectivity index (χ1n) is 13.6. The fraction of sp³-hybridized carbons (Fsp3) is 0.323. The number of carbonyl (C=O) groups is 1. The highest BCUT2D eigenvalue weighted by molar-refractivity contribution is 7.89. The molecule has 3 heterocycles. The van der Waals surface area contributed by atoms with Gasteiger partial charge in [0.25, 0.3) is 0 Å². The molecule has 1 aromatic heterocycles. The highest BCUT2D eigenvalue weighted by atomic mass is 32.2. The Morgan fingerprint density at radius 3 is 2.50 bits per heavy atom. The molecule has 2 aliphatic rings. The van der Waals surface area contributed by atoms with E-state index in [9.17, 15) is 13.2 Å². The topological polar surface area (TPSA) is 70.2 Å². The van der Waals surface area contributed by atoms with Crippen molar-refractivity contribution in [3.63, 3.8) is 0 Å². The summed E-state index contributed by atoms with van der Waals surface area (Å²) >= 11 is 1.77. The second-order valence-corrected chi connectivity index (χ2v) is 13.4. The molecule has 0 radical (unpaired) electrons. The predicted octanol–water partition coefficient (Wildman–Crippen LogP) is 4.78. The molecule has 9 heteroatoms. The molecule has 4 aromatic rings. The summed E-state index contributed by atoms with van der Waals surface area (Å²) in [4.78, 5) is 19.3. The van der Waals surface area contributed by atoms with E-state index >= 15 is 0 Å². The van der Waals surface area contributed by atoms with Crippen LogP contribution in [0.3, 0.4) is 0 Å². The molecule has 1 fully saturated rings. The molecule has 0 aliphatic carbocycles. The lowest BCUT2D eigenvalue weighted by Gasteiger charge is -2.41. The zero-order valence-corrected chi connectivity index (χ0v) is 24.3. The van der Waals surface area contributed by atoms with Crippen LogP contribution in [0, 0.1) is 0 Å². The van der Waals surface area contributed by atoms with E-state index in [1.54, 1.807) is 34.9 Å². The fourth-order valence-electron chi connectivity index (χ4n) is 5.98. The quantitative estimate of drug-likeness (QED) is 0.331. The summed E-state index contributed by atoms with van der Waals surface area (Å²) < 4.78 is 34.0. The normalized spacial score (nSPS) is 20.4. The average Bonchev–Trinajstić information content (AvgIpc) is 3.45. The number of ether oxygens (including phenoxy) is 1. The monoisotopic (exact) mass is 575 g/mol. The van der Waals surface area contributed by atoms with Crippen molar-refractivity contribution in [3.05, 3.63) is 94.2 Å². The maximum atomic E-state index is 13.6. The smallest absolute Gasteiger partial charge is 0.243 e. The highest BCUT2D eigenvalue weighted by Gasteiger charge is 2.37. The van der Waals surface area contributed by atoms with Crippen molar-refractivity contribution in [1.29, 1.82) is 0 Å². The summed E-state index contributed by atoms with van der Waals surface area (Å²) in [5.74, 6) is 0.838. The standard InChI is InChI=1S/C31H33N3O4S2/c1-22-20-32(16-17-34(22)40(36,37)27-12-9-23-5-3-4-6-25(23)19-27)30(35)21-33-15-13-29-28(14-18-39-29)31(33)24-7-10-26(38-2)11-8-24/h3-12,14,18-19,22,31H,13,15-17,20-21H2,1-2H3. The van der Waals surface area contributed by atoms with Gasteiger partial charge in [0, 0.05) is 37.1 Å². The maximum Gasteiger partial charge on any atom is 0.243 e. The van der Waals surface area contributed by atoms with E-state index in [-0.39, 0.29) is 31.1 Å². The van der Waals surface area contributed by atoms with Crippen molar-refractivity contribution in [2.75, 3.05) is 39.8 Å². The Morgan fingerprint density at radius 2 is 1.75 bits per heavy atom. The third-order valence-corrected chi connectivity index (χ3v) is 11.1. The van der Waals surface area contributed by atoms with E-state index in [2.05, 4.69) is 28.5 Å². The summed E-state index contributed by atoms with van der Waals surface area (Å²) in [6, 6.07) is 22.9. The highest BCUT2D eigenvalue weighted by Crippen LogP contribution is 2.38. The minimum atomic E-state index is -3.68. The van der Waals surface area contributed by atoms with E-state index in [0.717, 1.165) is 35.1 Å². The van der Waals surface area contributed by atoms with Gasteiger partial charge in [-0.1, -0.05) is 42.5 Å². The Kier molecular flexibility index (Phi) is 7.39. The largest absolute Gasteiger partial charge is 0.497 e. The molecular formula is C31H33N3O4S2. The molecule has 1 saturated heterocycles. The number of sulfonamides is 1. The van der Waals surface area contributed by atoms with Gasteiger partial charge in [-0.3, -0.25) is 9.69 Å². The molecule has 2 unspecified atom stereocenters. The Morgan fingerprint density at radius 1 is 0.975 bits per heavy atom. The number of rotatable bonds is 6. The van der Waals surface area contributed by atoms with E-state index in [4.69, 9.17) is 4.74 Å². The van der Waals surface area contributed by atoms with Gasteiger partial charge in [0.05, 0.1) is 24.6 Å². The minimum absolute atomic E-state index is 0.00292. The predicted molar refractivity (Wildman–Crippen MR) is 158 cm³/mol. The third kappa shape index (κ3) is 5.03. The first kappa shape index (κ1) is 27.0. The number of thiophene rings is 1. The van der Waals surface area contributed by atoms with Crippen LogP contribution in [-0.4, -0.2) is 74.3 Å². The molecular weight excluding hydrogens is 542 g/mol. The summed E-state index contributed by atoms with van der Waals surface area (Å²) in [6.45, 7) is 3.99. The van der Waals surface area contributed by atoms with Crippen molar-refractivity contribution in [2.24, 2.45) is 0 Å². The molecule has 0 N–H and O–H groups in total. The van der Waals surface area contributed by atoms with Gasteiger partial charge in [0.15, 0.2) is 0 Å². The number of hydrogen-bond acceptors (Lipinski definition) is 6. The van der Waals surface area contributed by atoms with Crippen LogP contribution in [0.1, 0.15) is 29.0 Å². The van der Waals surface area contributed by atoms with Gasteiger partial charge in [-0.15, -0.1) is 11.3 Å². The van der Waals surface area contributed by atoms with E-state index in [0.29, 0.717) is 18.0 Å². The SMILES string of the molecule is COc1ccc(C2c3ccsc3CCN2CC(=O)N2CCN(S(=O)(=O)c3ccc4ccccc4c3)C(C)C2)cc1. The first-order chi connectivity index (χ1) is 19.3. The average molecular weight is 576 g/mol. The van der Waals surface area contributed by atoms with Crippen LogP contribution in [0.25, 0.3) is 10.8 Å². The number of methoxy groups -OCH3 is 1. The van der Waals surface area contributed by atoms with Crippen molar-refractivity contribution >= 4 is 38.0 Å². The van der Waals surface area contributed by atoms with Crippen molar-refractivity contribution in [1.82, 2.24) is 14.1 Å². The Hall–Kier alpha value is -3.24. The molecule has 0 bridgehead atoms.